The molecule has 0 bridgehead atoms. The van der Waals surface area contributed by atoms with Crippen molar-refractivity contribution < 1.29 is 29.2 Å². The van der Waals surface area contributed by atoms with Crippen molar-refractivity contribution in [3.05, 3.63) is 12.2 Å². The van der Waals surface area contributed by atoms with Gasteiger partial charge in [0.25, 0.3) is 0 Å². The number of aliphatic hydroxyl groups is 2. The molecule has 0 spiro atoms. The molecule has 238 valence electrons. The largest absolute Gasteiger partial charge is 0.462 e. The maximum absolute atomic E-state index is 14.2. The second-order valence-corrected chi connectivity index (χ2v) is 17.1. The number of allylic oxidation sites excluding steroid dienone is 1. The predicted molar refractivity (Wildman–Crippen MR) is 162 cm³/mol. The molecule has 5 aliphatic carbocycles. The lowest BCUT2D eigenvalue weighted by atomic mass is 9.32. The number of carbonyl (C=O) groups is 1. The second-order valence-electron chi connectivity index (χ2n) is 17.1. The highest BCUT2D eigenvalue weighted by atomic mass is 16.7. The molecule has 0 aromatic carbocycles. The highest BCUT2D eigenvalue weighted by molar-refractivity contribution is 5.78. The molecule has 1 heterocycles. The van der Waals surface area contributed by atoms with E-state index in [2.05, 4.69) is 41.2 Å². The third kappa shape index (κ3) is 4.13. The van der Waals surface area contributed by atoms with Crippen LogP contribution in [0, 0.1) is 56.7 Å². The molecular formula is C36H58O6. The lowest BCUT2D eigenvalue weighted by molar-refractivity contribution is -0.254. The number of hydrogen-bond acceptors (Lipinski definition) is 6. The minimum atomic E-state index is -0.627. The van der Waals surface area contributed by atoms with E-state index in [1.807, 2.05) is 13.8 Å². The minimum absolute atomic E-state index is 0.0190. The zero-order valence-corrected chi connectivity index (χ0v) is 27.5. The maximum atomic E-state index is 14.2. The zero-order valence-electron chi connectivity index (χ0n) is 27.5. The molecule has 1 aliphatic heterocycles. The summed E-state index contributed by atoms with van der Waals surface area (Å²) in [7, 11) is 0. The van der Waals surface area contributed by atoms with E-state index >= 15 is 0 Å². The fourth-order valence-electron chi connectivity index (χ4n) is 12.7. The minimum Gasteiger partial charge on any atom is -0.462 e. The van der Waals surface area contributed by atoms with Gasteiger partial charge in [-0.25, -0.2) is 0 Å². The Kier molecular flexibility index (Phi) is 7.41. The lowest BCUT2D eigenvalue weighted by Gasteiger charge is -2.72. The molecular weight excluding hydrogens is 528 g/mol. The SMILES string of the molecule is C=C(C)C1CC[C@]2(C(=O)OCC3COC(C)(C)O3)CC[C@]3(C)C(CCC4[C@@]5(C)CC[C@H](O)[C@@](C)(CO)C5CC[C@]43C)C12. The topological polar surface area (TPSA) is 85.2 Å². The van der Waals surface area contributed by atoms with E-state index in [9.17, 15) is 15.0 Å². The summed E-state index contributed by atoms with van der Waals surface area (Å²) >= 11 is 0. The molecule has 0 radical (unpaired) electrons. The summed E-state index contributed by atoms with van der Waals surface area (Å²) in [6, 6.07) is 0. The summed E-state index contributed by atoms with van der Waals surface area (Å²) in [5.74, 6) is 1.30. The molecule has 0 aromatic rings. The van der Waals surface area contributed by atoms with Gasteiger partial charge in [-0.3, -0.25) is 4.79 Å². The molecule has 6 fully saturated rings. The van der Waals surface area contributed by atoms with Crippen LogP contribution in [0.5, 0.6) is 0 Å². The van der Waals surface area contributed by atoms with Gasteiger partial charge < -0.3 is 24.4 Å². The number of hydrogen-bond donors (Lipinski definition) is 2. The molecule has 12 atom stereocenters. The summed E-state index contributed by atoms with van der Waals surface area (Å²) in [4.78, 5) is 14.2. The van der Waals surface area contributed by atoms with Crippen LogP contribution >= 0.6 is 0 Å². The standard InChI is InChI=1S/C36H58O6/c1-22(2)24-11-16-36(30(39)40-19-23-20-41-31(3,4)42-23)18-17-34(7)25(29(24)36)9-10-27-32(5)14-13-28(38)33(6,21-37)26(32)12-15-35(27,34)8/h23-29,37-38H,1,9-21H2,2-8H3/t23?,24?,25?,26?,27?,28-,29?,32-,33-,34+,35+,36-/m0/s1. The molecule has 42 heavy (non-hydrogen) atoms. The summed E-state index contributed by atoms with van der Waals surface area (Å²) in [6.45, 7) is 21.0. The van der Waals surface area contributed by atoms with Gasteiger partial charge in [-0.15, -0.1) is 0 Å². The molecule has 6 nitrogen and oxygen atoms in total. The smallest absolute Gasteiger partial charge is 0.312 e. The van der Waals surface area contributed by atoms with E-state index in [4.69, 9.17) is 14.2 Å². The van der Waals surface area contributed by atoms with E-state index < -0.39 is 22.7 Å². The summed E-state index contributed by atoms with van der Waals surface area (Å²) in [6.07, 6.45) is 9.49. The average Bonchev–Trinajstić information content (AvgIpc) is 3.50. The number of esters is 1. The molecule has 1 saturated heterocycles. The Labute approximate surface area is 254 Å². The van der Waals surface area contributed by atoms with Gasteiger partial charge in [-0.1, -0.05) is 39.8 Å². The molecule has 0 amide bonds. The molecule has 6 aliphatic rings. The van der Waals surface area contributed by atoms with Crippen molar-refractivity contribution in [1.29, 1.82) is 0 Å². The molecule has 6 heteroatoms. The zero-order chi connectivity index (χ0) is 30.5. The third-order valence-electron chi connectivity index (χ3n) is 15.1. The first-order valence-corrected chi connectivity index (χ1v) is 17.0. The van der Waals surface area contributed by atoms with E-state index in [1.165, 1.54) is 5.57 Å². The maximum Gasteiger partial charge on any atom is 0.312 e. The van der Waals surface area contributed by atoms with Crippen LogP contribution in [0.2, 0.25) is 0 Å². The van der Waals surface area contributed by atoms with Crippen molar-refractivity contribution in [3.8, 4) is 0 Å². The van der Waals surface area contributed by atoms with Crippen molar-refractivity contribution in [1.82, 2.24) is 0 Å². The van der Waals surface area contributed by atoms with Gasteiger partial charge in [-0.05, 0) is 131 Å². The Morgan fingerprint density at radius 3 is 2.29 bits per heavy atom. The number of fused-ring (bicyclic) bond motifs is 7. The number of carbonyl (C=O) groups excluding carboxylic acids is 1. The Morgan fingerprint density at radius 1 is 0.905 bits per heavy atom. The molecule has 6 rings (SSSR count). The van der Waals surface area contributed by atoms with Crippen molar-refractivity contribution in [3.63, 3.8) is 0 Å². The first-order chi connectivity index (χ1) is 19.6. The van der Waals surface area contributed by atoms with E-state index in [1.54, 1.807) is 0 Å². The van der Waals surface area contributed by atoms with Crippen LogP contribution in [0.3, 0.4) is 0 Å². The van der Waals surface area contributed by atoms with Crippen molar-refractivity contribution >= 4 is 5.97 Å². The first-order valence-electron chi connectivity index (χ1n) is 17.0. The van der Waals surface area contributed by atoms with Gasteiger partial charge >= 0.3 is 5.97 Å². The van der Waals surface area contributed by atoms with Crippen molar-refractivity contribution in [2.24, 2.45) is 56.7 Å². The molecule has 0 aromatic heterocycles. The first kappa shape index (κ1) is 31.0. The van der Waals surface area contributed by atoms with E-state index in [-0.39, 0.29) is 47.4 Å². The fourth-order valence-corrected chi connectivity index (χ4v) is 12.7. The van der Waals surface area contributed by atoms with Crippen LogP contribution in [-0.2, 0) is 19.0 Å². The monoisotopic (exact) mass is 586 g/mol. The Bertz CT molecular complexity index is 1100. The van der Waals surface area contributed by atoms with E-state index in [0.717, 1.165) is 64.2 Å². The van der Waals surface area contributed by atoms with Gasteiger partial charge in [0.1, 0.15) is 12.7 Å². The fraction of sp³-hybridized carbons (Fsp3) is 0.917. The lowest BCUT2D eigenvalue weighted by Crippen LogP contribution is -2.67. The summed E-state index contributed by atoms with van der Waals surface area (Å²) < 4.78 is 17.8. The Hall–Kier alpha value is -0.950. The Balaban J connectivity index is 1.30. The van der Waals surface area contributed by atoms with Crippen molar-refractivity contribution in [2.75, 3.05) is 19.8 Å². The second kappa shape index (κ2) is 10.0. The van der Waals surface area contributed by atoms with Crippen LogP contribution in [0.1, 0.15) is 113 Å². The summed E-state index contributed by atoms with van der Waals surface area (Å²) in [5, 5.41) is 21.6. The number of aliphatic hydroxyl groups excluding tert-OH is 2. The summed E-state index contributed by atoms with van der Waals surface area (Å²) in [5.41, 5.74) is 0.712. The van der Waals surface area contributed by atoms with Crippen molar-refractivity contribution in [2.45, 2.75) is 131 Å². The van der Waals surface area contributed by atoms with Crippen LogP contribution in [0.15, 0.2) is 12.2 Å². The van der Waals surface area contributed by atoms with Crippen LogP contribution < -0.4 is 0 Å². The normalized spacial score (nSPS) is 52.9. The van der Waals surface area contributed by atoms with Gasteiger partial charge in [0.2, 0.25) is 0 Å². The van der Waals surface area contributed by atoms with Gasteiger partial charge in [0, 0.05) is 5.41 Å². The number of ether oxygens (including phenoxy) is 3. The molecule has 5 saturated carbocycles. The van der Waals surface area contributed by atoms with Gasteiger partial charge in [0.05, 0.1) is 24.7 Å². The third-order valence-corrected chi connectivity index (χ3v) is 15.1. The Morgan fingerprint density at radius 2 is 1.64 bits per heavy atom. The highest BCUT2D eigenvalue weighted by Gasteiger charge is 2.72. The van der Waals surface area contributed by atoms with Gasteiger partial charge in [0.15, 0.2) is 5.79 Å². The highest BCUT2D eigenvalue weighted by Crippen LogP contribution is 2.77. The number of rotatable bonds is 5. The predicted octanol–water partition coefficient (Wildman–Crippen LogP) is 6.67. The molecule has 2 N–H and O–H groups in total. The van der Waals surface area contributed by atoms with Crippen LogP contribution in [0.4, 0.5) is 0 Å². The van der Waals surface area contributed by atoms with Crippen LogP contribution in [-0.4, -0.2) is 54.0 Å². The average molecular weight is 587 g/mol. The molecule has 6 unspecified atom stereocenters. The van der Waals surface area contributed by atoms with Gasteiger partial charge in [-0.2, -0.15) is 0 Å². The quantitative estimate of drug-likeness (QED) is 0.276. The van der Waals surface area contributed by atoms with Crippen LogP contribution in [0.25, 0.3) is 0 Å². The van der Waals surface area contributed by atoms with E-state index in [0.29, 0.717) is 30.3 Å².